The minimum absolute atomic E-state index is 0.205. The highest BCUT2D eigenvalue weighted by atomic mass is 32.2. The number of hydrogen-bond acceptors (Lipinski definition) is 5. The maximum absolute atomic E-state index is 13.0. The van der Waals surface area contributed by atoms with Gasteiger partial charge in [-0.2, -0.15) is 5.43 Å². The number of nitrogens with zero attached hydrogens (tertiary/aromatic N) is 3. The minimum Gasteiger partial charge on any atom is -0.322 e. The standard InChI is InChI=1S/C21H25N5O2S/c1-5-6-10-20(26(4)25-22-3)29-19-12-11-17(24-28)14-18(19)21(27)23-16-9-7-8-15(2)13-16/h7-14H,5-6H2,1-4H3,(H,23,27)/p+1/b20-10-. The lowest BCUT2D eigenvalue weighted by Gasteiger charge is -2.11. The number of anilines is 1. The zero-order valence-corrected chi connectivity index (χ0v) is 17.9. The molecule has 0 saturated carbocycles. The second-order valence-electron chi connectivity index (χ2n) is 6.38. The molecule has 0 fully saturated rings. The molecule has 0 bridgehead atoms. The lowest BCUT2D eigenvalue weighted by atomic mass is 10.1. The maximum Gasteiger partial charge on any atom is 0.256 e. The molecular weight excluding hydrogens is 386 g/mol. The van der Waals surface area contributed by atoms with Gasteiger partial charge in [0, 0.05) is 10.6 Å². The SMILES string of the molecule is CCC/C=C(Sc1ccc(N=O)cc1C(=O)Nc1cccc(C)c1)/[N+](C)=N\NC. The predicted octanol–water partition coefficient (Wildman–Crippen LogP) is 5.61. The first-order valence-electron chi connectivity index (χ1n) is 9.33. The smallest absolute Gasteiger partial charge is 0.256 e. The molecule has 0 saturated heterocycles. The number of aryl methyl sites for hydroxylation is 1. The second kappa shape index (κ2) is 11.1. The van der Waals surface area contributed by atoms with E-state index in [1.807, 2.05) is 38.2 Å². The molecule has 0 aromatic heterocycles. The topological polar surface area (TPSA) is 85.9 Å². The quantitative estimate of drug-likeness (QED) is 0.184. The summed E-state index contributed by atoms with van der Waals surface area (Å²) in [5.74, 6) is -0.299. The van der Waals surface area contributed by atoms with E-state index in [-0.39, 0.29) is 11.6 Å². The largest absolute Gasteiger partial charge is 0.322 e. The van der Waals surface area contributed by atoms with Gasteiger partial charge in [-0.25, -0.2) is 0 Å². The van der Waals surface area contributed by atoms with Gasteiger partial charge in [0.2, 0.25) is 0 Å². The van der Waals surface area contributed by atoms with Crippen LogP contribution in [0.1, 0.15) is 35.7 Å². The molecule has 0 unspecified atom stereocenters. The van der Waals surface area contributed by atoms with Crippen molar-refractivity contribution in [3.63, 3.8) is 0 Å². The van der Waals surface area contributed by atoms with Crippen molar-refractivity contribution in [1.82, 2.24) is 5.43 Å². The second-order valence-corrected chi connectivity index (χ2v) is 7.44. The molecular formula is C21H26N5O2S+. The van der Waals surface area contributed by atoms with E-state index in [1.165, 1.54) is 17.8 Å². The van der Waals surface area contributed by atoms with Crippen LogP contribution in [-0.2, 0) is 0 Å². The summed E-state index contributed by atoms with van der Waals surface area (Å²) in [6.07, 6.45) is 3.94. The highest BCUT2D eigenvalue weighted by Crippen LogP contribution is 2.33. The number of nitrogens with one attached hydrogen (secondary N) is 2. The first-order valence-corrected chi connectivity index (χ1v) is 10.1. The zero-order valence-electron chi connectivity index (χ0n) is 17.1. The van der Waals surface area contributed by atoms with Crippen molar-refractivity contribution in [1.29, 1.82) is 0 Å². The molecule has 0 aliphatic rings. The maximum atomic E-state index is 13.0. The van der Waals surface area contributed by atoms with Crippen LogP contribution in [0.3, 0.4) is 0 Å². The number of benzene rings is 2. The third-order valence-corrected chi connectivity index (χ3v) is 5.20. The summed E-state index contributed by atoms with van der Waals surface area (Å²) in [7, 11) is 3.56. The first kappa shape index (κ1) is 22.3. The summed E-state index contributed by atoms with van der Waals surface area (Å²) in [6.45, 7) is 4.05. The van der Waals surface area contributed by atoms with E-state index in [0.717, 1.165) is 23.4 Å². The molecule has 152 valence electrons. The average Bonchev–Trinajstić information content (AvgIpc) is 2.71. The number of carbonyl (C=O) groups excluding carboxylic acids is 1. The number of hydrogen-bond donors (Lipinski definition) is 2. The van der Waals surface area contributed by atoms with Crippen LogP contribution in [-0.4, -0.2) is 24.7 Å². The van der Waals surface area contributed by atoms with Crippen LogP contribution in [0.15, 0.2) is 68.9 Å². The number of rotatable bonds is 9. The van der Waals surface area contributed by atoms with Crippen LogP contribution in [0, 0.1) is 11.8 Å². The number of unbranched alkanes of at least 4 members (excludes halogenated alkanes) is 1. The molecule has 8 heteroatoms. The van der Waals surface area contributed by atoms with E-state index >= 15 is 0 Å². The Balaban J connectivity index is 2.40. The van der Waals surface area contributed by atoms with Gasteiger partial charge in [0.25, 0.3) is 5.91 Å². The highest BCUT2D eigenvalue weighted by molar-refractivity contribution is 8.02. The van der Waals surface area contributed by atoms with Gasteiger partial charge in [0.1, 0.15) is 12.7 Å². The van der Waals surface area contributed by atoms with Gasteiger partial charge in [-0.05, 0) is 72.3 Å². The summed E-state index contributed by atoms with van der Waals surface area (Å²) < 4.78 is 1.72. The Labute approximate surface area is 175 Å². The van der Waals surface area contributed by atoms with E-state index in [4.69, 9.17) is 0 Å². The highest BCUT2D eigenvalue weighted by Gasteiger charge is 2.18. The molecule has 7 nitrogen and oxygen atoms in total. The Morgan fingerprint density at radius 3 is 2.69 bits per heavy atom. The molecule has 0 atom stereocenters. The number of allylic oxidation sites excluding steroid dienone is 1. The van der Waals surface area contributed by atoms with E-state index in [2.05, 4.69) is 34.1 Å². The van der Waals surface area contributed by atoms with Crippen molar-refractivity contribution in [2.75, 3.05) is 19.4 Å². The third-order valence-electron chi connectivity index (χ3n) is 3.98. The van der Waals surface area contributed by atoms with Gasteiger partial charge < -0.3 is 5.32 Å². The third kappa shape index (κ3) is 6.53. The van der Waals surface area contributed by atoms with Crippen molar-refractivity contribution in [2.24, 2.45) is 10.4 Å². The molecule has 2 N–H and O–H groups in total. The Hall–Kier alpha value is -3.00. The Bertz CT molecular complexity index is 940. The van der Waals surface area contributed by atoms with Crippen LogP contribution in [0.4, 0.5) is 11.4 Å². The van der Waals surface area contributed by atoms with Crippen molar-refractivity contribution >= 4 is 29.0 Å². The molecule has 2 rings (SSSR count). The number of thioether (sulfide) groups is 1. The zero-order chi connectivity index (χ0) is 21.2. The van der Waals surface area contributed by atoms with Crippen molar-refractivity contribution in [3.8, 4) is 0 Å². The van der Waals surface area contributed by atoms with Crippen molar-refractivity contribution in [3.05, 3.63) is 69.6 Å². The van der Waals surface area contributed by atoms with Gasteiger partial charge in [0.05, 0.1) is 17.8 Å². The van der Waals surface area contributed by atoms with Crippen LogP contribution in [0.25, 0.3) is 0 Å². The number of carbonyl (C=O) groups is 1. The fourth-order valence-corrected chi connectivity index (χ4v) is 3.58. The Morgan fingerprint density at radius 2 is 2.03 bits per heavy atom. The average molecular weight is 413 g/mol. The number of nitroso groups, excluding NO2 is 1. The molecule has 0 radical (unpaired) electrons. The lowest BCUT2D eigenvalue weighted by molar-refractivity contribution is -0.510. The predicted molar refractivity (Wildman–Crippen MR) is 118 cm³/mol. The van der Waals surface area contributed by atoms with E-state index in [1.54, 1.807) is 23.9 Å². The Kier molecular flexibility index (Phi) is 8.54. The van der Waals surface area contributed by atoms with Crippen LogP contribution in [0.2, 0.25) is 0 Å². The van der Waals surface area contributed by atoms with Crippen molar-refractivity contribution < 1.29 is 9.49 Å². The molecule has 0 aliphatic carbocycles. The molecule has 0 heterocycles. The summed E-state index contributed by atoms with van der Waals surface area (Å²) in [5, 5.41) is 10.9. The molecule has 0 aliphatic heterocycles. The van der Waals surface area contributed by atoms with Gasteiger partial charge in [-0.3, -0.25) is 4.79 Å². The van der Waals surface area contributed by atoms with Crippen molar-refractivity contribution in [2.45, 2.75) is 31.6 Å². The first-order chi connectivity index (χ1) is 14.0. The molecule has 2 aromatic carbocycles. The summed E-state index contributed by atoms with van der Waals surface area (Å²) in [6, 6.07) is 12.4. The fourth-order valence-electron chi connectivity index (χ4n) is 2.58. The minimum atomic E-state index is -0.299. The monoisotopic (exact) mass is 412 g/mol. The summed E-state index contributed by atoms with van der Waals surface area (Å²) >= 11 is 1.41. The van der Waals surface area contributed by atoms with E-state index in [9.17, 15) is 9.70 Å². The van der Waals surface area contributed by atoms with Crippen LogP contribution < -0.4 is 10.7 Å². The molecule has 29 heavy (non-hydrogen) atoms. The van der Waals surface area contributed by atoms with Gasteiger partial charge in [-0.1, -0.05) is 25.5 Å². The van der Waals surface area contributed by atoms with Gasteiger partial charge in [-0.15, -0.1) is 9.60 Å². The van der Waals surface area contributed by atoms with E-state index in [0.29, 0.717) is 16.1 Å². The van der Waals surface area contributed by atoms with Crippen LogP contribution in [0.5, 0.6) is 0 Å². The van der Waals surface area contributed by atoms with Crippen LogP contribution >= 0.6 is 11.8 Å². The van der Waals surface area contributed by atoms with E-state index < -0.39 is 0 Å². The Morgan fingerprint density at radius 1 is 1.24 bits per heavy atom. The molecule has 1 amide bonds. The summed E-state index contributed by atoms with van der Waals surface area (Å²) in [5.41, 5.74) is 5.09. The van der Waals surface area contributed by atoms with Gasteiger partial charge >= 0.3 is 0 Å². The normalized spacial score (nSPS) is 11.9. The molecule has 2 aromatic rings. The lowest BCUT2D eigenvalue weighted by Crippen LogP contribution is -2.13. The summed E-state index contributed by atoms with van der Waals surface area (Å²) in [4.78, 5) is 24.7. The number of amides is 1. The fraction of sp³-hybridized carbons (Fsp3) is 0.286. The van der Waals surface area contributed by atoms with Gasteiger partial charge in [0.15, 0.2) is 5.03 Å². The molecule has 0 spiro atoms.